The van der Waals surface area contributed by atoms with Gasteiger partial charge < -0.3 is 0 Å². The Morgan fingerprint density at radius 2 is 1.29 bits per heavy atom. The molecule has 126 valence electrons. The van der Waals surface area contributed by atoms with E-state index in [1.54, 1.807) is 0 Å². The number of rotatable bonds is 6. The van der Waals surface area contributed by atoms with E-state index in [9.17, 15) is 0 Å². The molecule has 0 heterocycles. The highest BCUT2D eigenvalue weighted by atomic mass is 14.6. The SMILES string of the molecule is CCCC(C)(C)C1(C(C)(C)CCC)CC(C)CC(C)(C)C1. The zero-order valence-electron chi connectivity index (χ0n) is 16.5. The molecule has 0 heteroatoms. The molecule has 0 amide bonds. The quantitative estimate of drug-likeness (QED) is 0.476. The molecular formula is C21H42. The third-order valence-corrected chi connectivity index (χ3v) is 6.72. The molecular weight excluding hydrogens is 252 g/mol. The van der Waals surface area contributed by atoms with Gasteiger partial charge in [0.05, 0.1) is 0 Å². The van der Waals surface area contributed by atoms with E-state index in [2.05, 4.69) is 62.3 Å². The van der Waals surface area contributed by atoms with E-state index in [-0.39, 0.29) is 0 Å². The van der Waals surface area contributed by atoms with Crippen LogP contribution in [0.2, 0.25) is 0 Å². The molecule has 21 heavy (non-hydrogen) atoms. The fourth-order valence-electron chi connectivity index (χ4n) is 6.25. The predicted octanol–water partition coefficient (Wildman–Crippen LogP) is 7.47. The van der Waals surface area contributed by atoms with Crippen molar-refractivity contribution in [1.29, 1.82) is 0 Å². The van der Waals surface area contributed by atoms with Crippen LogP contribution in [0.5, 0.6) is 0 Å². The zero-order chi connectivity index (χ0) is 16.5. The highest BCUT2D eigenvalue weighted by Gasteiger charge is 2.57. The minimum absolute atomic E-state index is 0.437. The summed E-state index contributed by atoms with van der Waals surface area (Å²) in [7, 11) is 0. The summed E-state index contributed by atoms with van der Waals surface area (Å²) in [6, 6.07) is 0. The maximum Gasteiger partial charge on any atom is -0.0187 e. The smallest absolute Gasteiger partial charge is 0.0187 e. The molecule has 0 aromatic carbocycles. The van der Waals surface area contributed by atoms with Crippen LogP contribution in [0.1, 0.15) is 107 Å². The van der Waals surface area contributed by atoms with Gasteiger partial charge in [0.2, 0.25) is 0 Å². The Kier molecular flexibility index (Phi) is 5.67. The van der Waals surface area contributed by atoms with Crippen LogP contribution in [0.4, 0.5) is 0 Å². The average Bonchev–Trinajstić information content (AvgIpc) is 2.25. The van der Waals surface area contributed by atoms with Crippen molar-refractivity contribution in [3.05, 3.63) is 0 Å². The molecule has 0 nitrogen and oxygen atoms in total. The fourth-order valence-corrected chi connectivity index (χ4v) is 6.25. The first kappa shape index (κ1) is 19.0. The van der Waals surface area contributed by atoms with Gasteiger partial charge in [-0.15, -0.1) is 0 Å². The molecule has 0 spiro atoms. The lowest BCUT2D eigenvalue weighted by atomic mass is 9.42. The molecule has 1 rings (SSSR count). The lowest BCUT2D eigenvalue weighted by molar-refractivity contribution is -0.136. The van der Waals surface area contributed by atoms with E-state index >= 15 is 0 Å². The molecule has 1 fully saturated rings. The summed E-state index contributed by atoms with van der Waals surface area (Å²) in [5.74, 6) is 0.862. The summed E-state index contributed by atoms with van der Waals surface area (Å²) in [5.41, 5.74) is 1.85. The first-order chi connectivity index (χ1) is 9.43. The highest BCUT2D eigenvalue weighted by molar-refractivity contribution is 5.07. The van der Waals surface area contributed by atoms with Crippen LogP contribution in [0, 0.1) is 27.6 Å². The lowest BCUT2D eigenvalue weighted by Crippen LogP contribution is -2.54. The maximum atomic E-state index is 2.57. The van der Waals surface area contributed by atoms with Crippen LogP contribution in [-0.2, 0) is 0 Å². The molecule has 1 aliphatic rings. The molecule has 0 bridgehead atoms. The van der Waals surface area contributed by atoms with Crippen LogP contribution in [0.15, 0.2) is 0 Å². The van der Waals surface area contributed by atoms with Crippen LogP contribution >= 0.6 is 0 Å². The molecule has 0 aromatic rings. The lowest BCUT2D eigenvalue weighted by Gasteiger charge is -2.63. The minimum atomic E-state index is 0.437. The van der Waals surface area contributed by atoms with Crippen LogP contribution in [0.3, 0.4) is 0 Å². The van der Waals surface area contributed by atoms with Gasteiger partial charge in [-0.05, 0) is 59.7 Å². The van der Waals surface area contributed by atoms with Crippen LogP contribution < -0.4 is 0 Å². The molecule has 1 unspecified atom stereocenters. The van der Waals surface area contributed by atoms with Gasteiger partial charge in [0.25, 0.3) is 0 Å². The largest absolute Gasteiger partial charge is 0.0654 e. The standard InChI is InChI=1S/C21H42/c1-10-12-19(6,7)21(20(8,9)13-11-2)15-17(3)14-18(4,5)16-21/h17H,10-16H2,1-9H3. The summed E-state index contributed by atoms with van der Waals surface area (Å²) < 4.78 is 0. The Labute approximate surface area is 135 Å². The molecule has 0 N–H and O–H groups in total. The second kappa shape index (κ2) is 6.25. The molecule has 0 saturated heterocycles. The molecule has 0 aliphatic heterocycles. The van der Waals surface area contributed by atoms with Gasteiger partial charge in [-0.2, -0.15) is 0 Å². The Hall–Kier alpha value is 0. The summed E-state index contributed by atoms with van der Waals surface area (Å²) in [6.07, 6.45) is 9.59. The Morgan fingerprint density at radius 3 is 1.62 bits per heavy atom. The van der Waals surface area contributed by atoms with Crippen LogP contribution in [0.25, 0.3) is 0 Å². The van der Waals surface area contributed by atoms with Gasteiger partial charge in [-0.1, -0.05) is 75.2 Å². The highest BCUT2D eigenvalue weighted by Crippen LogP contribution is 2.66. The molecule has 0 aromatic heterocycles. The normalized spacial score (nSPS) is 25.9. The monoisotopic (exact) mass is 294 g/mol. The van der Waals surface area contributed by atoms with Crippen molar-refractivity contribution in [3.63, 3.8) is 0 Å². The second-order valence-corrected chi connectivity index (χ2v) is 10.2. The van der Waals surface area contributed by atoms with E-state index in [1.807, 2.05) is 0 Å². The molecule has 1 saturated carbocycles. The van der Waals surface area contributed by atoms with Gasteiger partial charge in [0.15, 0.2) is 0 Å². The number of hydrogen-bond donors (Lipinski definition) is 0. The third-order valence-electron chi connectivity index (χ3n) is 6.72. The van der Waals surface area contributed by atoms with Gasteiger partial charge >= 0.3 is 0 Å². The van der Waals surface area contributed by atoms with Crippen molar-refractivity contribution < 1.29 is 0 Å². The van der Waals surface area contributed by atoms with E-state index in [4.69, 9.17) is 0 Å². The molecule has 1 aliphatic carbocycles. The first-order valence-corrected chi connectivity index (χ1v) is 9.43. The van der Waals surface area contributed by atoms with E-state index < -0.39 is 0 Å². The van der Waals surface area contributed by atoms with E-state index in [1.165, 1.54) is 44.9 Å². The van der Waals surface area contributed by atoms with E-state index in [0.29, 0.717) is 21.7 Å². The van der Waals surface area contributed by atoms with Crippen molar-refractivity contribution in [2.75, 3.05) is 0 Å². The second-order valence-electron chi connectivity index (χ2n) is 10.2. The third kappa shape index (κ3) is 3.67. The van der Waals surface area contributed by atoms with Gasteiger partial charge in [-0.25, -0.2) is 0 Å². The van der Waals surface area contributed by atoms with E-state index in [0.717, 1.165) is 5.92 Å². The Bertz CT molecular complexity index is 314. The summed E-state index contributed by atoms with van der Waals surface area (Å²) in [6.45, 7) is 22.5. The van der Waals surface area contributed by atoms with Crippen LogP contribution in [-0.4, -0.2) is 0 Å². The molecule has 1 atom stereocenters. The van der Waals surface area contributed by atoms with Crippen molar-refractivity contribution >= 4 is 0 Å². The Balaban J connectivity index is 3.35. The summed E-state index contributed by atoms with van der Waals surface area (Å²) >= 11 is 0. The maximum absolute atomic E-state index is 2.57. The van der Waals surface area contributed by atoms with Crippen molar-refractivity contribution in [2.45, 2.75) is 107 Å². The van der Waals surface area contributed by atoms with Crippen molar-refractivity contribution in [2.24, 2.45) is 27.6 Å². The minimum Gasteiger partial charge on any atom is -0.0654 e. The predicted molar refractivity (Wildman–Crippen MR) is 96.6 cm³/mol. The van der Waals surface area contributed by atoms with Gasteiger partial charge in [-0.3, -0.25) is 0 Å². The zero-order valence-corrected chi connectivity index (χ0v) is 16.5. The topological polar surface area (TPSA) is 0 Å². The Morgan fingerprint density at radius 1 is 0.857 bits per heavy atom. The fraction of sp³-hybridized carbons (Fsp3) is 1.00. The summed E-state index contributed by atoms with van der Waals surface area (Å²) in [5, 5.41) is 0. The van der Waals surface area contributed by atoms with Gasteiger partial charge in [0.1, 0.15) is 0 Å². The first-order valence-electron chi connectivity index (χ1n) is 9.43. The molecule has 0 radical (unpaired) electrons. The average molecular weight is 295 g/mol. The van der Waals surface area contributed by atoms with Crippen molar-refractivity contribution in [3.8, 4) is 0 Å². The van der Waals surface area contributed by atoms with Gasteiger partial charge in [0, 0.05) is 0 Å². The number of hydrogen-bond acceptors (Lipinski definition) is 0. The van der Waals surface area contributed by atoms with Crippen molar-refractivity contribution in [1.82, 2.24) is 0 Å². The summed E-state index contributed by atoms with van der Waals surface area (Å²) in [4.78, 5) is 0.